The van der Waals surface area contributed by atoms with Crippen molar-refractivity contribution in [1.82, 2.24) is 15.6 Å². The van der Waals surface area contributed by atoms with E-state index in [4.69, 9.17) is 107 Å². The van der Waals surface area contributed by atoms with Crippen LogP contribution in [0, 0.1) is 19.8 Å². The first-order valence-electron chi connectivity index (χ1n) is 22.9. The molecule has 13 N–H and O–H groups in total. The lowest BCUT2D eigenvalue weighted by molar-refractivity contribution is -0.128. The molecule has 408 valence electrons. The fourth-order valence-corrected chi connectivity index (χ4v) is 9.02. The summed E-state index contributed by atoms with van der Waals surface area (Å²) < 4.78 is 10.4. The number of halogens is 6. The molecule has 2 heterocycles. The Labute approximate surface area is 472 Å². The number of amides is 4. The molecule has 0 aliphatic carbocycles. The normalized spacial score (nSPS) is 13.1. The molecular formula is C53H53Cl6N7O11. The maximum atomic E-state index is 13.1. The summed E-state index contributed by atoms with van der Waals surface area (Å²) in [5.41, 5.74) is 25.5. The van der Waals surface area contributed by atoms with Gasteiger partial charge in [-0.2, -0.15) is 0 Å². The van der Waals surface area contributed by atoms with Gasteiger partial charge in [0.25, 0.3) is 5.91 Å². The highest BCUT2D eigenvalue weighted by molar-refractivity contribution is 6.35. The number of aromatic carboxylic acids is 1. The molecule has 0 saturated heterocycles. The molecule has 0 saturated carbocycles. The standard InChI is InChI=1S/C21H19Cl2N3O4.C11H13Cl2NO2.C11H9NO3.C10H12Cl2N2O2/c1-11-17(19(30-26-11)13-5-3-2-4-6-13)21(29)25-16(18(27)20(24)28)9-12-7-14(22)10-15(23)8-12;1-6(10(15)11(14)16)2-7-3-8(12)5-9(13)4-7;1-7-9(11(13)14)10(15-12-7)8-5-3-2-4-6-8;11-6-1-5(2-7(12)4-6)3-8(13)9(15)10(14)16/h2-8,10,16,18,27H,9H2,1H3,(H2,24,28)(H,25,29);3-6,10,15H,2H2,1H3,(H2,14,16);2-6H,1H3,(H,13,14);1-2,4,8-9,15H,3,13H2,(H2,14,16)/t16-,18?;6-,10?;;8-,9?/m00.0/s1. The monoisotopic (exact) mass is 1170 g/mol. The Balaban J connectivity index is 0.000000234. The summed E-state index contributed by atoms with van der Waals surface area (Å²) in [6.45, 7) is 4.98. The van der Waals surface area contributed by atoms with Crippen LogP contribution in [0.2, 0.25) is 30.1 Å². The first-order chi connectivity index (χ1) is 36.2. The van der Waals surface area contributed by atoms with Crippen molar-refractivity contribution < 1.29 is 53.4 Å². The number of rotatable bonds is 17. The number of carbonyl (C=O) groups excluding carboxylic acids is 4. The van der Waals surface area contributed by atoms with Gasteiger partial charge in [-0.1, -0.05) is 148 Å². The number of benzene rings is 5. The van der Waals surface area contributed by atoms with E-state index < -0.39 is 60.0 Å². The van der Waals surface area contributed by atoms with Crippen molar-refractivity contribution in [2.75, 3.05) is 0 Å². The van der Waals surface area contributed by atoms with Gasteiger partial charge < -0.3 is 57.7 Å². The number of aromatic nitrogens is 2. The third-order valence-corrected chi connectivity index (χ3v) is 12.3. The van der Waals surface area contributed by atoms with Gasteiger partial charge >= 0.3 is 5.97 Å². The van der Waals surface area contributed by atoms with Crippen molar-refractivity contribution in [2.24, 2.45) is 28.9 Å². The smallest absolute Gasteiger partial charge is 0.341 e. The zero-order valence-electron chi connectivity index (χ0n) is 41.2. The lowest BCUT2D eigenvalue weighted by Crippen LogP contribution is -2.50. The third-order valence-electron chi connectivity index (χ3n) is 11.0. The van der Waals surface area contributed by atoms with Crippen LogP contribution in [0.1, 0.15) is 55.7 Å². The quantitative estimate of drug-likeness (QED) is 0.0415. The zero-order valence-corrected chi connectivity index (χ0v) is 45.7. The van der Waals surface area contributed by atoms with E-state index >= 15 is 0 Å². The third kappa shape index (κ3) is 19.5. The van der Waals surface area contributed by atoms with Gasteiger partial charge in [0.05, 0.1) is 17.4 Å². The Hall–Kier alpha value is -6.55. The second kappa shape index (κ2) is 29.8. The average Bonchev–Trinajstić information content (AvgIpc) is 3.95. The van der Waals surface area contributed by atoms with E-state index in [0.29, 0.717) is 64.8 Å². The predicted octanol–water partition coefficient (Wildman–Crippen LogP) is 8.22. The number of aryl methyl sites for hydroxylation is 2. The maximum Gasteiger partial charge on any atom is 0.341 e. The molecule has 0 aliphatic heterocycles. The predicted molar refractivity (Wildman–Crippen MR) is 295 cm³/mol. The van der Waals surface area contributed by atoms with E-state index in [2.05, 4.69) is 15.6 Å². The molecule has 77 heavy (non-hydrogen) atoms. The SMILES string of the molecule is C[C@@H](Cc1cc(Cl)cc(Cl)c1)C(O)C(N)=O.Cc1noc(-c2ccccc2)c1C(=O)N[C@@H](Cc1cc(Cl)cc(Cl)c1)C(O)C(N)=O.Cc1noc(-c2ccccc2)c1C(=O)O.NC(=O)C(O)[C@@H](N)Cc1cc(Cl)cc(Cl)c1. The van der Waals surface area contributed by atoms with Crippen LogP contribution in [0.15, 0.2) is 124 Å². The Kier molecular flexibility index (Phi) is 24.4. The molecule has 2 aromatic heterocycles. The Bertz CT molecular complexity index is 3010. The number of carbonyl (C=O) groups is 5. The fraction of sp³-hybridized carbons (Fsp3) is 0.226. The Morgan fingerprint density at radius 2 is 0.883 bits per heavy atom. The highest BCUT2D eigenvalue weighted by atomic mass is 35.5. The summed E-state index contributed by atoms with van der Waals surface area (Å²) in [7, 11) is 0. The molecule has 0 spiro atoms. The number of nitrogens with one attached hydrogen (secondary N) is 1. The van der Waals surface area contributed by atoms with Crippen LogP contribution in [-0.4, -0.2) is 90.7 Å². The summed E-state index contributed by atoms with van der Waals surface area (Å²) in [5.74, 6) is -3.81. The van der Waals surface area contributed by atoms with Crippen molar-refractivity contribution in [3.8, 4) is 22.6 Å². The number of nitrogens with zero attached hydrogens (tertiary/aromatic N) is 2. The summed E-state index contributed by atoms with van der Waals surface area (Å²) in [5, 5.41) is 51.1. The van der Waals surface area contributed by atoms with Gasteiger partial charge in [0.15, 0.2) is 17.6 Å². The van der Waals surface area contributed by atoms with Crippen LogP contribution in [-0.2, 0) is 33.6 Å². The minimum atomic E-state index is -1.63. The second-order valence-electron chi connectivity index (χ2n) is 17.2. The summed E-state index contributed by atoms with van der Waals surface area (Å²) in [6.07, 6.45) is -3.34. The van der Waals surface area contributed by atoms with Gasteiger partial charge in [-0.05, 0) is 110 Å². The fourth-order valence-electron chi connectivity index (χ4n) is 7.31. The number of carboxylic acids is 1. The van der Waals surface area contributed by atoms with Gasteiger partial charge in [0, 0.05) is 47.3 Å². The van der Waals surface area contributed by atoms with Crippen LogP contribution in [0.4, 0.5) is 0 Å². The van der Waals surface area contributed by atoms with Crippen molar-refractivity contribution in [3.63, 3.8) is 0 Å². The van der Waals surface area contributed by atoms with Gasteiger partial charge in [-0.3, -0.25) is 19.2 Å². The number of hydrogen-bond donors (Lipinski definition) is 9. The molecule has 7 rings (SSSR count). The Morgan fingerprint density at radius 1 is 0.532 bits per heavy atom. The molecule has 0 bridgehead atoms. The molecule has 7 aromatic rings. The highest BCUT2D eigenvalue weighted by Crippen LogP contribution is 2.29. The molecule has 18 nitrogen and oxygen atoms in total. The molecular weight excluding hydrogens is 1120 g/mol. The summed E-state index contributed by atoms with van der Waals surface area (Å²) in [4.78, 5) is 57.1. The number of carboxylic acid groups (broad SMARTS) is 1. The Morgan fingerprint density at radius 3 is 1.26 bits per heavy atom. The largest absolute Gasteiger partial charge is 0.477 e. The van der Waals surface area contributed by atoms with Crippen molar-refractivity contribution in [3.05, 3.63) is 185 Å². The number of primary amides is 3. The van der Waals surface area contributed by atoms with Crippen LogP contribution in [0.25, 0.3) is 22.6 Å². The summed E-state index contributed by atoms with van der Waals surface area (Å²) >= 11 is 35.3. The molecule has 4 amide bonds. The van der Waals surface area contributed by atoms with Gasteiger partial charge in [-0.25, -0.2) is 4.79 Å². The molecule has 0 radical (unpaired) electrons. The molecule has 6 atom stereocenters. The van der Waals surface area contributed by atoms with Crippen LogP contribution >= 0.6 is 69.6 Å². The number of aliphatic hydroxyl groups excluding tert-OH is 3. The van der Waals surface area contributed by atoms with E-state index in [-0.39, 0.29) is 35.6 Å². The molecule has 0 aliphatic rings. The zero-order chi connectivity index (χ0) is 57.3. The van der Waals surface area contributed by atoms with E-state index in [1.165, 1.54) is 0 Å². The lowest BCUT2D eigenvalue weighted by Gasteiger charge is -2.22. The van der Waals surface area contributed by atoms with Crippen LogP contribution in [0.3, 0.4) is 0 Å². The lowest BCUT2D eigenvalue weighted by atomic mass is 9.95. The van der Waals surface area contributed by atoms with E-state index in [0.717, 1.165) is 16.7 Å². The van der Waals surface area contributed by atoms with Crippen LogP contribution < -0.4 is 28.3 Å². The number of hydrogen-bond acceptors (Lipinski definition) is 13. The number of aliphatic hydroxyl groups is 3. The van der Waals surface area contributed by atoms with Gasteiger partial charge in [0.2, 0.25) is 17.7 Å². The van der Waals surface area contributed by atoms with Crippen LogP contribution in [0.5, 0.6) is 0 Å². The van der Waals surface area contributed by atoms with E-state index in [9.17, 15) is 39.3 Å². The molecule has 0 fully saturated rings. The van der Waals surface area contributed by atoms with Crippen molar-refractivity contribution in [2.45, 2.75) is 70.4 Å². The minimum absolute atomic E-state index is 0.0706. The van der Waals surface area contributed by atoms with E-state index in [1.54, 1.807) is 112 Å². The van der Waals surface area contributed by atoms with Gasteiger partial charge in [-0.15, -0.1) is 0 Å². The number of nitrogens with two attached hydrogens (primary N) is 4. The first kappa shape index (κ1) is 63.0. The first-order valence-corrected chi connectivity index (χ1v) is 25.1. The van der Waals surface area contributed by atoms with Crippen molar-refractivity contribution >= 4 is 99.2 Å². The molecule has 3 unspecified atom stereocenters. The summed E-state index contributed by atoms with van der Waals surface area (Å²) in [6, 6.07) is 31.1. The minimum Gasteiger partial charge on any atom is -0.477 e. The topological polar surface area (TPSA) is 334 Å². The maximum absolute atomic E-state index is 13.1. The average molecular weight is 1180 g/mol. The highest BCUT2D eigenvalue weighted by Gasteiger charge is 2.30. The second-order valence-corrected chi connectivity index (χ2v) is 19.8. The van der Waals surface area contributed by atoms with Gasteiger partial charge in [0.1, 0.15) is 23.3 Å². The van der Waals surface area contributed by atoms with Crippen molar-refractivity contribution in [1.29, 1.82) is 0 Å². The van der Waals surface area contributed by atoms with E-state index in [1.807, 2.05) is 24.3 Å². The molecule has 24 heteroatoms. The molecule has 5 aromatic carbocycles.